The summed E-state index contributed by atoms with van der Waals surface area (Å²) in [6.45, 7) is 2.24. The molecule has 0 unspecified atom stereocenters. The fraction of sp³-hybridized carbons (Fsp3) is 0.217. The molecule has 0 fully saturated rings. The molecule has 0 amide bonds. The third-order valence-corrected chi connectivity index (χ3v) is 4.69. The first-order chi connectivity index (χ1) is 12.3. The molecular formula is C23H22N2. The Morgan fingerprint density at radius 3 is 2.24 bits per heavy atom. The van der Waals surface area contributed by atoms with E-state index in [1.165, 1.54) is 35.6 Å². The van der Waals surface area contributed by atoms with E-state index in [9.17, 15) is 0 Å². The molecule has 0 aliphatic carbocycles. The minimum atomic E-state index is 0.968. The van der Waals surface area contributed by atoms with Crippen molar-refractivity contribution in [2.24, 2.45) is 0 Å². The van der Waals surface area contributed by atoms with E-state index in [4.69, 9.17) is 9.97 Å². The molecule has 0 aliphatic rings. The molecule has 0 radical (unpaired) electrons. The summed E-state index contributed by atoms with van der Waals surface area (Å²) in [6.07, 6.45) is 4.72. The normalized spacial score (nSPS) is 11.2. The minimum Gasteiger partial charge on any atom is -0.246 e. The predicted molar refractivity (Wildman–Crippen MR) is 106 cm³/mol. The summed E-state index contributed by atoms with van der Waals surface area (Å²) in [6, 6.07) is 23.1. The Labute approximate surface area is 148 Å². The molecule has 0 N–H and O–H groups in total. The van der Waals surface area contributed by atoms with Crippen LogP contribution in [0.2, 0.25) is 0 Å². The first kappa shape index (κ1) is 15.8. The number of hydrogen-bond acceptors (Lipinski definition) is 2. The zero-order chi connectivity index (χ0) is 17.1. The molecule has 2 nitrogen and oxygen atoms in total. The number of pyridine rings is 2. The lowest BCUT2D eigenvalue weighted by Gasteiger charge is -2.11. The number of fused-ring (bicyclic) bond motifs is 2. The summed E-state index contributed by atoms with van der Waals surface area (Å²) in [5, 5.41) is 2.37. The summed E-state index contributed by atoms with van der Waals surface area (Å²) in [7, 11) is 0. The van der Waals surface area contributed by atoms with Crippen LogP contribution in [0.5, 0.6) is 0 Å². The maximum atomic E-state index is 4.97. The lowest BCUT2D eigenvalue weighted by molar-refractivity contribution is 0.717. The summed E-state index contributed by atoms with van der Waals surface area (Å²) in [5.41, 5.74) is 5.35. The van der Waals surface area contributed by atoms with E-state index in [1.807, 2.05) is 18.2 Å². The fourth-order valence-corrected chi connectivity index (χ4v) is 3.34. The molecule has 4 aromatic rings. The summed E-state index contributed by atoms with van der Waals surface area (Å²) < 4.78 is 0. The molecular weight excluding hydrogens is 304 g/mol. The maximum absolute atomic E-state index is 4.97. The van der Waals surface area contributed by atoms with E-state index < -0.39 is 0 Å². The summed E-state index contributed by atoms with van der Waals surface area (Å²) in [5.74, 6) is 0. The van der Waals surface area contributed by atoms with Gasteiger partial charge in [-0.25, -0.2) is 9.97 Å². The van der Waals surface area contributed by atoms with Crippen LogP contribution in [-0.4, -0.2) is 9.97 Å². The highest BCUT2D eigenvalue weighted by Crippen LogP contribution is 2.27. The molecule has 0 bridgehead atoms. The van der Waals surface area contributed by atoms with Crippen molar-refractivity contribution in [1.29, 1.82) is 0 Å². The molecule has 2 heterocycles. The standard InChI is InChI=1S/C23H22N2/c1-2-3-4-11-19-16-18-10-6-8-13-21(18)25-23(19)22-15-14-17-9-5-7-12-20(17)24-22/h5-10,12-16H,2-4,11H2,1H3. The Kier molecular flexibility index (Phi) is 4.43. The van der Waals surface area contributed by atoms with Crippen molar-refractivity contribution in [2.75, 3.05) is 0 Å². The first-order valence-electron chi connectivity index (χ1n) is 9.10. The second kappa shape index (κ2) is 7.02. The zero-order valence-corrected chi connectivity index (χ0v) is 14.6. The molecule has 0 spiro atoms. The second-order valence-electron chi connectivity index (χ2n) is 6.54. The van der Waals surface area contributed by atoms with Gasteiger partial charge in [-0.2, -0.15) is 0 Å². The number of aromatic nitrogens is 2. The van der Waals surface area contributed by atoms with Crippen molar-refractivity contribution in [3.05, 3.63) is 72.3 Å². The van der Waals surface area contributed by atoms with Gasteiger partial charge >= 0.3 is 0 Å². The Morgan fingerprint density at radius 2 is 1.44 bits per heavy atom. The second-order valence-corrected chi connectivity index (χ2v) is 6.54. The summed E-state index contributed by atoms with van der Waals surface area (Å²) in [4.78, 5) is 9.85. The van der Waals surface area contributed by atoms with Crippen molar-refractivity contribution >= 4 is 21.8 Å². The number of rotatable bonds is 5. The highest BCUT2D eigenvalue weighted by atomic mass is 14.8. The van der Waals surface area contributed by atoms with E-state index in [2.05, 4.69) is 55.5 Å². The largest absolute Gasteiger partial charge is 0.246 e. The van der Waals surface area contributed by atoms with E-state index in [0.29, 0.717) is 0 Å². The van der Waals surface area contributed by atoms with Crippen molar-refractivity contribution in [1.82, 2.24) is 9.97 Å². The molecule has 4 rings (SSSR count). The first-order valence-corrected chi connectivity index (χ1v) is 9.10. The van der Waals surface area contributed by atoms with Crippen LogP contribution in [0.1, 0.15) is 31.7 Å². The lowest BCUT2D eigenvalue weighted by atomic mass is 10.0. The van der Waals surface area contributed by atoms with Crippen LogP contribution in [0.3, 0.4) is 0 Å². The number of benzene rings is 2. The third kappa shape index (κ3) is 3.25. The van der Waals surface area contributed by atoms with Gasteiger partial charge in [0.25, 0.3) is 0 Å². The Bertz CT molecular complexity index is 1020. The minimum absolute atomic E-state index is 0.968. The maximum Gasteiger partial charge on any atom is 0.0926 e. The van der Waals surface area contributed by atoms with Gasteiger partial charge in [0, 0.05) is 10.8 Å². The molecule has 0 saturated carbocycles. The van der Waals surface area contributed by atoms with Gasteiger partial charge in [0.05, 0.1) is 22.4 Å². The molecule has 124 valence electrons. The molecule has 0 saturated heterocycles. The molecule has 2 aromatic heterocycles. The lowest BCUT2D eigenvalue weighted by Crippen LogP contribution is -1.97. The third-order valence-electron chi connectivity index (χ3n) is 4.69. The van der Waals surface area contributed by atoms with Crippen LogP contribution < -0.4 is 0 Å². The van der Waals surface area contributed by atoms with E-state index >= 15 is 0 Å². The van der Waals surface area contributed by atoms with Crippen molar-refractivity contribution in [3.63, 3.8) is 0 Å². The van der Waals surface area contributed by atoms with E-state index in [1.54, 1.807) is 0 Å². The number of aryl methyl sites for hydroxylation is 1. The van der Waals surface area contributed by atoms with Gasteiger partial charge < -0.3 is 0 Å². The molecule has 0 aliphatic heterocycles. The number of para-hydroxylation sites is 2. The number of hydrogen-bond donors (Lipinski definition) is 0. The van der Waals surface area contributed by atoms with Crippen LogP contribution in [0, 0.1) is 0 Å². The van der Waals surface area contributed by atoms with Gasteiger partial charge in [-0.1, -0.05) is 62.2 Å². The van der Waals surface area contributed by atoms with Gasteiger partial charge in [-0.15, -0.1) is 0 Å². The van der Waals surface area contributed by atoms with E-state index in [0.717, 1.165) is 28.8 Å². The molecule has 25 heavy (non-hydrogen) atoms. The molecule has 0 atom stereocenters. The van der Waals surface area contributed by atoms with Gasteiger partial charge in [0.2, 0.25) is 0 Å². The highest BCUT2D eigenvalue weighted by molar-refractivity contribution is 5.85. The fourth-order valence-electron chi connectivity index (χ4n) is 3.34. The summed E-state index contributed by atoms with van der Waals surface area (Å²) >= 11 is 0. The average Bonchev–Trinajstić information content (AvgIpc) is 2.67. The average molecular weight is 326 g/mol. The Morgan fingerprint density at radius 1 is 0.720 bits per heavy atom. The van der Waals surface area contributed by atoms with Crippen LogP contribution in [0.4, 0.5) is 0 Å². The Balaban J connectivity index is 1.85. The quantitative estimate of drug-likeness (QED) is 0.409. The predicted octanol–water partition coefficient (Wildman–Crippen LogP) is 6.18. The van der Waals surface area contributed by atoms with Crippen LogP contribution >= 0.6 is 0 Å². The van der Waals surface area contributed by atoms with Gasteiger partial charge in [0.15, 0.2) is 0 Å². The topological polar surface area (TPSA) is 25.8 Å². The highest BCUT2D eigenvalue weighted by Gasteiger charge is 2.11. The number of unbranched alkanes of at least 4 members (excludes halogenated alkanes) is 2. The van der Waals surface area contributed by atoms with Crippen LogP contribution in [-0.2, 0) is 6.42 Å². The monoisotopic (exact) mass is 326 g/mol. The van der Waals surface area contributed by atoms with Gasteiger partial charge in [-0.05, 0) is 42.7 Å². The van der Waals surface area contributed by atoms with Crippen molar-refractivity contribution in [3.8, 4) is 11.4 Å². The van der Waals surface area contributed by atoms with Crippen molar-refractivity contribution in [2.45, 2.75) is 32.6 Å². The van der Waals surface area contributed by atoms with Crippen LogP contribution in [0.15, 0.2) is 66.7 Å². The molecule has 2 heteroatoms. The van der Waals surface area contributed by atoms with Crippen molar-refractivity contribution < 1.29 is 0 Å². The zero-order valence-electron chi connectivity index (χ0n) is 14.6. The molecule has 2 aromatic carbocycles. The van der Waals surface area contributed by atoms with E-state index in [-0.39, 0.29) is 0 Å². The van der Waals surface area contributed by atoms with Crippen LogP contribution in [0.25, 0.3) is 33.2 Å². The Hall–Kier alpha value is -2.74. The van der Waals surface area contributed by atoms with Gasteiger partial charge in [0.1, 0.15) is 0 Å². The SMILES string of the molecule is CCCCCc1cc2ccccc2nc1-c1ccc2ccccc2n1. The number of nitrogens with zero attached hydrogens (tertiary/aromatic N) is 2. The van der Waals surface area contributed by atoms with Gasteiger partial charge in [-0.3, -0.25) is 0 Å². The smallest absolute Gasteiger partial charge is 0.0926 e.